The quantitative estimate of drug-likeness (QED) is 0.685. The maximum atomic E-state index is 12.3. The number of ether oxygens (including phenoxy) is 1. The number of likely N-dealkylation sites (N-methyl/N-ethyl adjacent to an activating group) is 1. The van der Waals surface area contributed by atoms with Crippen molar-refractivity contribution in [1.82, 2.24) is 4.90 Å². The molecule has 1 saturated heterocycles. The van der Waals surface area contributed by atoms with Gasteiger partial charge >= 0.3 is 0 Å². The van der Waals surface area contributed by atoms with E-state index in [-0.39, 0.29) is 30.1 Å². The largest absolute Gasteiger partial charge is 0.483 e. The van der Waals surface area contributed by atoms with Crippen molar-refractivity contribution in [3.05, 3.63) is 27.1 Å². The van der Waals surface area contributed by atoms with Crippen LogP contribution in [0.3, 0.4) is 0 Å². The molecule has 0 aliphatic carbocycles. The van der Waals surface area contributed by atoms with Gasteiger partial charge in [-0.3, -0.25) is 4.79 Å². The monoisotopic (exact) mass is 453 g/mol. The molecule has 0 bridgehead atoms. The first-order chi connectivity index (χ1) is 10.3. The number of hydrogen-bond acceptors (Lipinski definition) is 4. The summed E-state index contributed by atoms with van der Waals surface area (Å²) in [5.74, 6) is 0.584. The number of nitrogens with zero attached hydrogens (tertiary/aromatic N) is 1. The molecule has 0 spiro atoms. The number of carbonyl (C=O) groups is 1. The zero-order chi connectivity index (χ0) is 16.3. The molecule has 1 aromatic carbocycles. The van der Waals surface area contributed by atoms with Crippen LogP contribution in [0.25, 0.3) is 0 Å². The molecule has 1 amide bonds. The van der Waals surface area contributed by atoms with Crippen LogP contribution in [0.2, 0.25) is 0 Å². The lowest BCUT2D eigenvalue weighted by molar-refractivity contribution is -0.135. The number of carbonyl (C=O) groups excluding carboxylic acids is 1. The van der Waals surface area contributed by atoms with Crippen LogP contribution >= 0.6 is 31.9 Å². The zero-order valence-electron chi connectivity index (χ0n) is 12.1. The third kappa shape index (κ3) is 4.45. The molecule has 5 nitrogen and oxygen atoms in total. The number of hydrogen-bond donors (Lipinski definition) is 0. The average Bonchev–Trinajstić information content (AvgIpc) is 2.78. The summed E-state index contributed by atoms with van der Waals surface area (Å²) in [7, 11) is -3.01. The lowest BCUT2D eigenvalue weighted by Gasteiger charge is -2.26. The van der Waals surface area contributed by atoms with Gasteiger partial charge in [-0.1, -0.05) is 15.9 Å². The predicted molar refractivity (Wildman–Crippen MR) is 91.8 cm³/mol. The molecule has 1 aromatic rings. The van der Waals surface area contributed by atoms with Crippen LogP contribution in [0.1, 0.15) is 13.3 Å². The highest BCUT2D eigenvalue weighted by molar-refractivity contribution is 9.11. The molecule has 0 N–H and O–H groups in total. The Hall–Kier alpha value is -0.600. The molecule has 0 unspecified atom stereocenters. The van der Waals surface area contributed by atoms with Gasteiger partial charge in [0.25, 0.3) is 5.91 Å². The van der Waals surface area contributed by atoms with E-state index in [4.69, 9.17) is 4.74 Å². The molecular weight excluding hydrogens is 438 g/mol. The Labute approximate surface area is 147 Å². The third-order valence-electron chi connectivity index (χ3n) is 3.56. The van der Waals surface area contributed by atoms with Crippen molar-refractivity contribution in [3.63, 3.8) is 0 Å². The van der Waals surface area contributed by atoms with Crippen LogP contribution in [0.4, 0.5) is 0 Å². The minimum atomic E-state index is -3.01. The molecule has 1 aliphatic rings. The second kappa shape index (κ2) is 7.31. The second-order valence-corrected chi connectivity index (χ2v) is 9.10. The van der Waals surface area contributed by atoms with Crippen molar-refractivity contribution >= 4 is 47.6 Å². The highest BCUT2D eigenvalue weighted by Crippen LogP contribution is 2.28. The molecule has 1 fully saturated rings. The van der Waals surface area contributed by atoms with Gasteiger partial charge in [0.1, 0.15) is 5.75 Å². The minimum Gasteiger partial charge on any atom is -0.483 e. The van der Waals surface area contributed by atoms with Crippen molar-refractivity contribution < 1.29 is 17.9 Å². The van der Waals surface area contributed by atoms with Crippen LogP contribution in [-0.4, -0.2) is 49.9 Å². The van der Waals surface area contributed by atoms with E-state index in [2.05, 4.69) is 31.9 Å². The first-order valence-corrected chi connectivity index (χ1v) is 10.3. The molecule has 1 heterocycles. The van der Waals surface area contributed by atoms with E-state index < -0.39 is 9.84 Å². The summed E-state index contributed by atoms with van der Waals surface area (Å²) >= 11 is 6.72. The van der Waals surface area contributed by atoms with Crippen LogP contribution in [0.5, 0.6) is 5.75 Å². The Balaban J connectivity index is 1.98. The number of halogens is 2. The maximum absolute atomic E-state index is 12.3. The van der Waals surface area contributed by atoms with E-state index in [0.29, 0.717) is 18.7 Å². The minimum absolute atomic E-state index is 0.0502. The lowest BCUT2D eigenvalue weighted by atomic mass is 10.2. The van der Waals surface area contributed by atoms with Crippen molar-refractivity contribution in [3.8, 4) is 5.75 Å². The molecule has 122 valence electrons. The van der Waals surface area contributed by atoms with Gasteiger partial charge in [-0.15, -0.1) is 0 Å². The molecule has 8 heteroatoms. The summed E-state index contributed by atoms with van der Waals surface area (Å²) in [5.41, 5.74) is 0. The van der Waals surface area contributed by atoms with Crippen LogP contribution in [-0.2, 0) is 14.6 Å². The third-order valence-corrected chi connectivity index (χ3v) is 6.42. The van der Waals surface area contributed by atoms with Crippen molar-refractivity contribution in [2.75, 3.05) is 24.7 Å². The van der Waals surface area contributed by atoms with Crippen molar-refractivity contribution in [1.29, 1.82) is 0 Å². The summed E-state index contributed by atoms with van der Waals surface area (Å²) in [6.45, 7) is 2.22. The fourth-order valence-corrected chi connectivity index (χ4v) is 5.37. The van der Waals surface area contributed by atoms with Gasteiger partial charge < -0.3 is 9.64 Å². The standard InChI is InChI=1S/C14H17Br2NO4S/c1-2-17(11-5-6-22(19,20)9-11)14(18)8-21-13-4-3-10(15)7-12(13)16/h3-4,7,11H,2,5-6,8-9H2,1H3/t11-/m0/s1. The SMILES string of the molecule is CCN(C(=O)COc1ccc(Br)cc1Br)[C@H]1CCS(=O)(=O)C1. The van der Waals surface area contributed by atoms with Crippen molar-refractivity contribution in [2.24, 2.45) is 0 Å². The molecule has 22 heavy (non-hydrogen) atoms. The van der Waals surface area contributed by atoms with Gasteiger partial charge in [-0.2, -0.15) is 0 Å². The first kappa shape index (κ1) is 17.7. The van der Waals surface area contributed by atoms with E-state index in [9.17, 15) is 13.2 Å². The number of rotatable bonds is 5. The van der Waals surface area contributed by atoms with E-state index in [1.165, 1.54) is 0 Å². The first-order valence-electron chi connectivity index (χ1n) is 6.90. The topological polar surface area (TPSA) is 63.7 Å². The zero-order valence-corrected chi connectivity index (χ0v) is 16.1. The van der Waals surface area contributed by atoms with Gasteiger partial charge in [0.2, 0.25) is 0 Å². The molecule has 0 aromatic heterocycles. The van der Waals surface area contributed by atoms with E-state index in [0.717, 1.165) is 8.95 Å². The molecule has 1 atom stereocenters. The molecule has 2 rings (SSSR count). The predicted octanol–water partition coefficient (Wildman–Crippen LogP) is 2.63. The van der Waals surface area contributed by atoms with E-state index >= 15 is 0 Å². The fourth-order valence-electron chi connectivity index (χ4n) is 2.47. The van der Waals surface area contributed by atoms with Gasteiger partial charge in [-0.25, -0.2) is 8.42 Å². The second-order valence-electron chi connectivity index (χ2n) is 5.10. The Kier molecular flexibility index (Phi) is 5.90. The Morgan fingerprint density at radius 3 is 2.68 bits per heavy atom. The van der Waals surface area contributed by atoms with Crippen LogP contribution in [0.15, 0.2) is 27.1 Å². The maximum Gasteiger partial charge on any atom is 0.260 e. The van der Waals surface area contributed by atoms with Gasteiger partial charge in [0.15, 0.2) is 16.4 Å². The summed E-state index contributed by atoms with van der Waals surface area (Å²) in [4.78, 5) is 13.9. The molecular formula is C14H17Br2NO4S. The fraction of sp³-hybridized carbons (Fsp3) is 0.500. The van der Waals surface area contributed by atoms with Crippen LogP contribution < -0.4 is 4.74 Å². The Bertz CT molecular complexity index is 663. The molecule has 1 aliphatic heterocycles. The summed E-state index contributed by atoms with van der Waals surface area (Å²) in [6.07, 6.45) is 0.504. The van der Waals surface area contributed by atoms with Gasteiger partial charge in [0, 0.05) is 17.1 Å². The Morgan fingerprint density at radius 1 is 1.41 bits per heavy atom. The highest BCUT2D eigenvalue weighted by Gasteiger charge is 2.33. The van der Waals surface area contributed by atoms with E-state index in [1.807, 2.05) is 19.1 Å². The summed E-state index contributed by atoms with van der Waals surface area (Å²) < 4.78 is 30.3. The Morgan fingerprint density at radius 2 is 2.14 bits per heavy atom. The number of amides is 1. The lowest BCUT2D eigenvalue weighted by Crippen LogP contribution is -2.43. The number of benzene rings is 1. The summed E-state index contributed by atoms with van der Waals surface area (Å²) in [6, 6.07) is 5.18. The highest BCUT2D eigenvalue weighted by atomic mass is 79.9. The van der Waals surface area contributed by atoms with Crippen molar-refractivity contribution in [2.45, 2.75) is 19.4 Å². The number of sulfone groups is 1. The smallest absolute Gasteiger partial charge is 0.260 e. The molecule has 0 radical (unpaired) electrons. The summed E-state index contributed by atoms with van der Waals surface area (Å²) in [5, 5.41) is 0. The normalized spacial score (nSPS) is 19.9. The molecule has 0 saturated carbocycles. The van der Waals surface area contributed by atoms with Gasteiger partial charge in [-0.05, 0) is 47.5 Å². The van der Waals surface area contributed by atoms with E-state index in [1.54, 1.807) is 11.0 Å². The van der Waals surface area contributed by atoms with Crippen LogP contribution in [0, 0.1) is 0 Å². The average molecular weight is 455 g/mol. The van der Waals surface area contributed by atoms with Gasteiger partial charge in [0.05, 0.1) is 16.0 Å².